The molecule has 3 aromatic rings. The number of hydrogen-bond acceptors (Lipinski definition) is 3. The molecular weight excluding hydrogens is 284 g/mol. The molecule has 0 aliphatic carbocycles. The number of rotatable bonds is 3. The van der Waals surface area contributed by atoms with Gasteiger partial charge in [-0.25, -0.2) is 4.98 Å². The lowest BCUT2D eigenvalue weighted by molar-refractivity contribution is 0.410. The fourth-order valence-corrected chi connectivity index (χ4v) is 2.64. The van der Waals surface area contributed by atoms with Crippen LogP contribution in [0.5, 0.6) is 5.75 Å². The average Bonchev–Trinajstić information content (AvgIpc) is 2.49. The van der Waals surface area contributed by atoms with E-state index in [1.54, 1.807) is 7.11 Å². The first-order valence-electron chi connectivity index (χ1n) is 6.64. The molecule has 0 aliphatic rings. The number of ether oxygens (including phenoxy) is 1. The molecule has 0 fully saturated rings. The number of halogens is 1. The van der Waals surface area contributed by atoms with Crippen molar-refractivity contribution in [3.63, 3.8) is 0 Å². The van der Waals surface area contributed by atoms with E-state index in [0.717, 1.165) is 27.8 Å². The van der Waals surface area contributed by atoms with Gasteiger partial charge in [-0.1, -0.05) is 35.9 Å². The Morgan fingerprint density at radius 1 is 1.14 bits per heavy atom. The van der Waals surface area contributed by atoms with Crippen LogP contribution in [0.25, 0.3) is 10.9 Å². The van der Waals surface area contributed by atoms with Crippen LogP contribution in [0.3, 0.4) is 0 Å². The van der Waals surface area contributed by atoms with Crippen molar-refractivity contribution in [2.45, 2.75) is 6.42 Å². The van der Waals surface area contributed by atoms with E-state index in [1.807, 2.05) is 42.5 Å². The van der Waals surface area contributed by atoms with E-state index in [0.29, 0.717) is 17.3 Å². The minimum Gasteiger partial charge on any atom is -0.496 e. The van der Waals surface area contributed by atoms with Crippen molar-refractivity contribution in [3.8, 4) is 5.75 Å². The first-order valence-corrected chi connectivity index (χ1v) is 7.02. The van der Waals surface area contributed by atoms with Crippen LogP contribution in [0.2, 0.25) is 5.02 Å². The maximum absolute atomic E-state index is 6.29. The molecule has 0 saturated carbocycles. The Morgan fingerprint density at radius 3 is 2.76 bits per heavy atom. The van der Waals surface area contributed by atoms with Gasteiger partial charge in [0.2, 0.25) is 0 Å². The van der Waals surface area contributed by atoms with Crippen LogP contribution in [-0.2, 0) is 6.42 Å². The maximum atomic E-state index is 6.29. The summed E-state index contributed by atoms with van der Waals surface area (Å²) < 4.78 is 5.38. The molecule has 3 rings (SSSR count). The van der Waals surface area contributed by atoms with E-state index in [9.17, 15) is 0 Å². The Kier molecular flexibility index (Phi) is 3.67. The molecule has 106 valence electrons. The van der Waals surface area contributed by atoms with Gasteiger partial charge >= 0.3 is 0 Å². The second-order valence-corrected chi connectivity index (χ2v) is 5.23. The summed E-state index contributed by atoms with van der Waals surface area (Å²) in [4.78, 5) is 4.45. The summed E-state index contributed by atoms with van der Waals surface area (Å²) in [6.07, 6.45) is 0.590. The molecule has 0 saturated heterocycles. The molecule has 21 heavy (non-hydrogen) atoms. The molecule has 0 unspecified atom stereocenters. The summed E-state index contributed by atoms with van der Waals surface area (Å²) in [7, 11) is 1.64. The number of hydrogen-bond donors (Lipinski definition) is 1. The number of pyridine rings is 1. The predicted molar refractivity (Wildman–Crippen MR) is 87.0 cm³/mol. The van der Waals surface area contributed by atoms with Gasteiger partial charge in [-0.3, -0.25) is 0 Å². The highest BCUT2D eigenvalue weighted by Crippen LogP contribution is 2.30. The first-order chi connectivity index (χ1) is 10.2. The van der Waals surface area contributed by atoms with Crippen LogP contribution in [0.1, 0.15) is 11.1 Å². The summed E-state index contributed by atoms with van der Waals surface area (Å²) in [6, 6.07) is 15.6. The monoisotopic (exact) mass is 298 g/mol. The van der Waals surface area contributed by atoms with Crippen LogP contribution in [0.15, 0.2) is 48.5 Å². The first kappa shape index (κ1) is 13.7. The van der Waals surface area contributed by atoms with Crippen molar-refractivity contribution in [3.05, 3.63) is 64.7 Å². The highest BCUT2D eigenvalue weighted by molar-refractivity contribution is 6.31. The summed E-state index contributed by atoms with van der Waals surface area (Å²) in [5.41, 5.74) is 8.84. The van der Waals surface area contributed by atoms with Crippen LogP contribution < -0.4 is 10.5 Å². The fourth-order valence-electron chi connectivity index (χ4n) is 2.41. The second kappa shape index (κ2) is 5.62. The molecule has 4 heteroatoms. The molecule has 0 atom stereocenters. The smallest absolute Gasteiger partial charge is 0.127 e. The van der Waals surface area contributed by atoms with Gasteiger partial charge in [0.25, 0.3) is 0 Å². The van der Waals surface area contributed by atoms with Crippen molar-refractivity contribution < 1.29 is 4.74 Å². The van der Waals surface area contributed by atoms with Gasteiger partial charge in [-0.2, -0.15) is 0 Å². The van der Waals surface area contributed by atoms with Gasteiger partial charge in [-0.05, 0) is 29.8 Å². The third kappa shape index (κ3) is 2.65. The van der Waals surface area contributed by atoms with Gasteiger partial charge in [0, 0.05) is 22.4 Å². The normalized spacial score (nSPS) is 10.8. The molecule has 3 nitrogen and oxygen atoms in total. The summed E-state index contributed by atoms with van der Waals surface area (Å²) in [5, 5.41) is 1.73. The molecule has 1 aromatic heterocycles. The van der Waals surface area contributed by atoms with Crippen LogP contribution in [-0.4, -0.2) is 12.1 Å². The van der Waals surface area contributed by atoms with Gasteiger partial charge in [0.15, 0.2) is 0 Å². The Morgan fingerprint density at radius 2 is 1.95 bits per heavy atom. The number of nitrogens with two attached hydrogens (primary N) is 1. The standard InChI is InChI=1S/C17H15ClN2O/c1-21-16-8-4-6-14(18)13(16)10-12-9-11-5-2-3-7-15(11)20-17(12)19/h2-9H,10H2,1H3,(H2,19,20). The lowest BCUT2D eigenvalue weighted by Crippen LogP contribution is -2.01. The van der Waals surface area contributed by atoms with Crippen molar-refractivity contribution in [2.75, 3.05) is 12.8 Å². The average molecular weight is 299 g/mol. The van der Waals surface area contributed by atoms with Gasteiger partial charge in [-0.15, -0.1) is 0 Å². The van der Waals surface area contributed by atoms with E-state index < -0.39 is 0 Å². The third-order valence-corrected chi connectivity index (χ3v) is 3.85. The van der Waals surface area contributed by atoms with E-state index in [-0.39, 0.29) is 0 Å². The minimum atomic E-state index is 0.524. The molecule has 0 spiro atoms. The Hall–Kier alpha value is -2.26. The van der Waals surface area contributed by atoms with Gasteiger partial charge in [0.1, 0.15) is 11.6 Å². The predicted octanol–water partition coefficient (Wildman–Crippen LogP) is 4.07. The number of aromatic nitrogens is 1. The molecule has 0 bridgehead atoms. The Labute approximate surface area is 128 Å². The number of nitrogen functional groups attached to an aromatic ring is 1. The molecule has 0 radical (unpaired) electrons. The lowest BCUT2D eigenvalue weighted by atomic mass is 10.0. The number of benzene rings is 2. The molecule has 1 heterocycles. The molecule has 2 aromatic carbocycles. The summed E-state index contributed by atoms with van der Waals surface area (Å²) >= 11 is 6.29. The highest BCUT2D eigenvalue weighted by Gasteiger charge is 2.11. The van der Waals surface area contributed by atoms with Crippen LogP contribution >= 0.6 is 11.6 Å². The fraction of sp³-hybridized carbons (Fsp3) is 0.118. The number of anilines is 1. The molecule has 0 amide bonds. The number of nitrogens with zero attached hydrogens (tertiary/aromatic N) is 1. The van der Waals surface area contributed by atoms with Crippen LogP contribution in [0, 0.1) is 0 Å². The SMILES string of the molecule is COc1cccc(Cl)c1Cc1cc2ccccc2nc1N. The zero-order valence-corrected chi connectivity index (χ0v) is 12.4. The minimum absolute atomic E-state index is 0.524. The quantitative estimate of drug-likeness (QED) is 0.793. The molecule has 2 N–H and O–H groups in total. The Bertz CT molecular complexity index is 802. The largest absolute Gasteiger partial charge is 0.496 e. The highest BCUT2D eigenvalue weighted by atomic mass is 35.5. The zero-order valence-electron chi connectivity index (χ0n) is 11.6. The lowest BCUT2D eigenvalue weighted by Gasteiger charge is -2.12. The van der Waals surface area contributed by atoms with Crippen molar-refractivity contribution in [1.82, 2.24) is 4.98 Å². The second-order valence-electron chi connectivity index (χ2n) is 4.82. The van der Waals surface area contributed by atoms with E-state index in [2.05, 4.69) is 11.1 Å². The zero-order chi connectivity index (χ0) is 14.8. The van der Waals surface area contributed by atoms with E-state index in [4.69, 9.17) is 22.1 Å². The van der Waals surface area contributed by atoms with Crippen molar-refractivity contribution in [2.24, 2.45) is 0 Å². The number of fused-ring (bicyclic) bond motifs is 1. The van der Waals surface area contributed by atoms with Crippen molar-refractivity contribution in [1.29, 1.82) is 0 Å². The van der Waals surface area contributed by atoms with Crippen LogP contribution in [0.4, 0.5) is 5.82 Å². The summed E-state index contributed by atoms with van der Waals surface area (Å²) in [5.74, 6) is 1.28. The van der Waals surface area contributed by atoms with Crippen molar-refractivity contribution >= 4 is 28.3 Å². The number of methoxy groups -OCH3 is 1. The topological polar surface area (TPSA) is 48.1 Å². The number of para-hydroxylation sites is 1. The maximum Gasteiger partial charge on any atom is 0.127 e. The van der Waals surface area contributed by atoms with Gasteiger partial charge < -0.3 is 10.5 Å². The van der Waals surface area contributed by atoms with E-state index in [1.165, 1.54) is 0 Å². The van der Waals surface area contributed by atoms with E-state index >= 15 is 0 Å². The Balaban J connectivity index is 2.08. The third-order valence-electron chi connectivity index (χ3n) is 3.50. The molecule has 0 aliphatic heterocycles. The summed E-state index contributed by atoms with van der Waals surface area (Å²) in [6.45, 7) is 0. The molecular formula is C17H15ClN2O. The van der Waals surface area contributed by atoms with Gasteiger partial charge in [0.05, 0.1) is 12.6 Å².